The lowest BCUT2D eigenvalue weighted by atomic mass is 10.1. The van der Waals surface area contributed by atoms with Gasteiger partial charge in [0.05, 0.1) is 31.3 Å². The fraction of sp³-hybridized carbons (Fsp3) is 0.517. The van der Waals surface area contributed by atoms with Crippen molar-refractivity contribution in [3.8, 4) is 0 Å². The van der Waals surface area contributed by atoms with Crippen molar-refractivity contribution in [1.82, 2.24) is 19.5 Å². The monoisotopic (exact) mass is 611 g/mol. The quantitative estimate of drug-likeness (QED) is 0.138. The number of anilines is 3. The summed E-state index contributed by atoms with van der Waals surface area (Å²) in [6, 6.07) is 8.44. The zero-order chi connectivity index (χ0) is 30.0. The number of nitrogens with zero attached hydrogens (tertiary/aromatic N) is 5. The normalized spacial score (nSPS) is 22.5. The molecule has 4 atom stereocenters. The van der Waals surface area contributed by atoms with Crippen molar-refractivity contribution in [2.24, 2.45) is 11.8 Å². The molecule has 4 N–H and O–H groups in total. The molecule has 2 fully saturated rings. The first kappa shape index (κ1) is 29.6. The minimum atomic E-state index is -4.70. The molecule has 3 aromatic rings. The summed E-state index contributed by atoms with van der Waals surface area (Å²) >= 11 is 0. The van der Waals surface area contributed by atoms with Crippen molar-refractivity contribution in [1.29, 1.82) is 0 Å². The third-order valence-electron chi connectivity index (χ3n) is 8.15. The molecule has 2 heterocycles. The molecule has 13 nitrogen and oxygen atoms in total. The van der Waals surface area contributed by atoms with E-state index in [9.17, 15) is 14.3 Å². The Bertz CT molecular complexity index is 1510. The van der Waals surface area contributed by atoms with E-state index in [2.05, 4.69) is 20.3 Å². The lowest BCUT2D eigenvalue weighted by molar-refractivity contribution is -0.139. The third-order valence-corrected chi connectivity index (χ3v) is 9.03. The topological polar surface area (TPSA) is 167 Å². The van der Waals surface area contributed by atoms with Crippen molar-refractivity contribution in [2.45, 2.75) is 70.0 Å². The number of carbonyl (C=O) groups excluding carboxylic acids is 1. The van der Waals surface area contributed by atoms with Crippen LogP contribution in [0.1, 0.15) is 57.9 Å². The number of hydrogen-bond donors (Lipinski definition) is 3. The van der Waals surface area contributed by atoms with Crippen LogP contribution in [-0.4, -0.2) is 55.7 Å². The summed E-state index contributed by atoms with van der Waals surface area (Å²) in [4.78, 5) is 42.7. The lowest BCUT2D eigenvalue weighted by Crippen LogP contribution is -2.41. The molecule has 0 radical (unpaired) electrons. The number of phosphoric acid groups is 1. The first-order valence-electron chi connectivity index (χ1n) is 14.9. The molecule has 230 valence electrons. The molecule has 43 heavy (non-hydrogen) atoms. The van der Waals surface area contributed by atoms with Gasteiger partial charge in [-0.25, -0.2) is 19.4 Å². The molecular formula is C29H38N7O6P. The Labute approximate surface area is 250 Å². The van der Waals surface area contributed by atoms with Crippen LogP contribution in [-0.2, 0) is 23.2 Å². The average Bonchev–Trinajstić information content (AvgIpc) is 3.34. The number of hydroxylamine groups is 1. The van der Waals surface area contributed by atoms with Gasteiger partial charge in [0.25, 0.3) is 0 Å². The Morgan fingerprint density at radius 2 is 1.93 bits per heavy atom. The number of nitrogen functional groups attached to an aromatic ring is 1. The summed E-state index contributed by atoms with van der Waals surface area (Å²) < 4.78 is 25.0. The molecule has 2 saturated carbocycles. The lowest BCUT2D eigenvalue weighted by Gasteiger charge is -2.30. The number of para-hydroxylation sites is 1. The van der Waals surface area contributed by atoms with Crippen molar-refractivity contribution in [3.05, 3.63) is 48.8 Å². The van der Waals surface area contributed by atoms with Gasteiger partial charge >= 0.3 is 13.8 Å². The van der Waals surface area contributed by atoms with Crippen LogP contribution in [0.4, 0.5) is 17.5 Å². The zero-order valence-electron chi connectivity index (χ0n) is 24.1. The van der Waals surface area contributed by atoms with Crippen LogP contribution < -0.4 is 16.1 Å². The highest BCUT2D eigenvalue weighted by Crippen LogP contribution is 2.45. The summed E-state index contributed by atoms with van der Waals surface area (Å²) in [5, 5.41) is 4.80. The van der Waals surface area contributed by atoms with E-state index in [0.29, 0.717) is 47.7 Å². The number of allylic oxidation sites excluding steroid dienone is 1. The predicted molar refractivity (Wildman–Crippen MR) is 161 cm³/mol. The summed E-state index contributed by atoms with van der Waals surface area (Å²) in [6.45, 7) is 1.92. The van der Waals surface area contributed by atoms with E-state index in [4.69, 9.17) is 19.6 Å². The number of phosphoric ester groups is 1. The van der Waals surface area contributed by atoms with Crippen molar-refractivity contribution in [3.63, 3.8) is 0 Å². The van der Waals surface area contributed by atoms with Gasteiger partial charge in [-0.15, -0.1) is 0 Å². The van der Waals surface area contributed by atoms with Crippen LogP contribution in [0.15, 0.2) is 48.8 Å². The Morgan fingerprint density at radius 3 is 2.67 bits per heavy atom. The second-order valence-corrected chi connectivity index (χ2v) is 13.0. The number of nitrogens with two attached hydrogens (primary N) is 1. The minimum Gasteiger partial charge on any atom is -0.369 e. The number of fused-ring (bicyclic) bond motifs is 1. The number of aromatic nitrogens is 4. The van der Waals surface area contributed by atoms with E-state index in [1.54, 1.807) is 13.3 Å². The van der Waals surface area contributed by atoms with E-state index >= 15 is 0 Å². The second kappa shape index (κ2) is 12.6. The van der Waals surface area contributed by atoms with Gasteiger partial charge in [0.2, 0.25) is 5.95 Å². The Kier molecular flexibility index (Phi) is 8.67. The van der Waals surface area contributed by atoms with E-state index < -0.39 is 19.8 Å². The maximum absolute atomic E-state index is 13.0. The molecule has 14 heteroatoms. The SMILES string of the molecule is C[C@@H](C(=O)OP(=O)(O)OC[C@@H]1C=C[C@H](n2cnc3c(NC4CC4)nc(N)nc32)C1)N(OCC1CCCC1)c1ccccc1. The number of rotatable bonds is 13. The standard InChI is InChI=1S/C29H38N7O6P/c1-19(36(23-9-3-2-4-10-23)40-16-20-7-5-6-8-20)28(37)42-43(38,39)41-17-21-11-14-24(15-21)35-18-31-25-26(32-22-12-13-22)33-29(30)34-27(25)35/h2-4,9-11,14,18-22,24H,5-8,12-13,15-17H2,1H3,(H,38,39)(H3,30,32,33,34)/t19-,21+,24-/m0/s1. The fourth-order valence-corrected chi connectivity index (χ4v) is 6.44. The average molecular weight is 612 g/mol. The summed E-state index contributed by atoms with van der Waals surface area (Å²) in [7, 11) is -4.70. The highest BCUT2D eigenvalue weighted by molar-refractivity contribution is 7.48. The highest BCUT2D eigenvalue weighted by atomic mass is 31.2. The maximum atomic E-state index is 13.0. The van der Waals surface area contributed by atoms with Crippen molar-refractivity contribution < 1.29 is 28.1 Å². The molecular weight excluding hydrogens is 573 g/mol. The smallest absolute Gasteiger partial charge is 0.369 e. The van der Waals surface area contributed by atoms with E-state index in [1.165, 1.54) is 17.9 Å². The largest absolute Gasteiger partial charge is 0.529 e. The van der Waals surface area contributed by atoms with Gasteiger partial charge in [0.15, 0.2) is 23.0 Å². The predicted octanol–water partition coefficient (Wildman–Crippen LogP) is 4.78. The van der Waals surface area contributed by atoms with Gasteiger partial charge in [-0.2, -0.15) is 9.97 Å². The minimum absolute atomic E-state index is 0.110. The zero-order valence-corrected chi connectivity index (χ0v) is 25.0. The van der Waals surface area contributed by atoms with Gasteiger partial charge < -0.3 is 20.1 Å². The highest BCUT2D eigenvalue weighted by Gasteiger charge is 2.35. The van der Waals surface area contributed by atoms with Gasteiger partial charge in [-0.3, -0.25) is 14.3 Å². The van der Waals surface area contributed by atoms with E-state index in [1.807, 2.05) is 47.1 Å². The summed E-state index contributed by atoms with van der Waals surface area (Å²) in [5.41, 5.74) is 7.88. The number of nitrogens with one attached hydrogen (secondary N) is 1. The van der Waals surface area contributed by atoms with E-state index in [-0.39, 0.29) is 24.5 Å². The molecule has 1 unspecified atom stereocenters. The van der Waals surface area contributed by atoms with Gasteiger partial charge in [0, 0.05) is 12.0 Å². The maximum Gasteiger partial charge on any atom is 0.529 e. The molecule has 2 aromatic heterocycles. The van der Waals surface area contributed by atoms with Crippen LogP contribution in [0.3, 0.4) is 0 Å². The Morgan fingerprint density at radius 1 is 1.16 bits per heavy atom. The molecule has 0 spiro atoms. The van der Waals surface area contributed by atoms with Crippen molar-refractivity contribution >= 4 is 42.4 Å². The first-order chi connectivity index (χ1) is 20.8. The molecule has 0 amide bonds. The van der Waals surface area contributed by atoms with Gasteiger partial charge in [-0.05, 0) is 57.1 Å². The fourth-order valence-electron chi connectivity index (χ4n) is 5.63. The Hall–Kier alpha value is -3.51. The third kappa shape index (κ3) is 7.18. The molecule has 0 aliphatic heterocycles. The summed E-state index contributed by atoms with van der Waals surface area (Å²) in [5.74, 6) is 0.0806. The van der Waals surface area contributed by atoms with Gasteiger partial charge in [0.1, 0.15) is 0 Å². The van der Waals surface area contributed by atoms with Crippen LogP contribution in [0.25, 0.3) is 11.2 Å². The molecule has 3 aliphatic carbocycles. The number of imidazole rings is 1. The molecule has 6 rings (SSSR count). The first-order valence-corrected chi connectivity index (χ1v) is 16.4. The van der Waals surface area contributed by atoms with E-state index in [0.717, 1.165) is 25.7 Å². The van der Waals surface area contributed by atoms with Crippen LogP contribution in [0.2, 0.25) is 0 Å². The number of benzene rings is 1. The van der Waals surface area contributed by atoms with Crippen LogP contribution >= 0.6 is 7.82 Å². The number of hydrogen-bond acceptors (Lipinski definition) is 11. The van der Waals surface area contributed by atoms with Gasteiger partial charge in [-0.1, -0.05) is 43.2 Å². The summed E-state index contributed by atoms with van der Waals surface area (Å²) in [6.07, 6.45) is 12.8. The van der Waals surface area contributed by atoms with Crippen LogP contribution in [0.5, 0.6) is 0 Å². The second-order valence-electron chi connectivity index (χ2n) is 11.6. The molecule has 1 aromatic carbocycles. The number of carbonyl (C=O) groups is 1. The molecule has 0 saturated heterocycles. The van der Waals surface area contributed by atoms with Crippen molar-refractivity contribution in [2.75, 3.05) is 29.3 Å². The molecule has 3 aliphatic rings. The Balaban J connectivity index is 1.04. The van der Waals surface area contributed by atoms with Crippen LogP contribution in [0, 0.1) is 11.8 Å². The molecule has 0 bridgehead atoms.